The zero-order valence-corrected chi connectivity index (χ0v) is 17.3. The van der Waals surface area contributed by atoms with E-state index in [1.807, 2.05) is 0 Å². The fraction of sp³-hybridized carbons (Fsp3) is 0.520. The van der Waals surface area contributed by atoms with Crippen LogP contribution in [-0.4, -0.2) is 5.75 Å². The summed E-state index contributed by atoms with van der Waals surface area (Å²) in [6, 6.07) is 22.4. The van der Waals surface area contributed by atoms with Crippen molar-refractivity contribution in [2.45, 2.75) is 63.2 Å². The van der Waals surface area contributed by atoms with E-state index >= 15 is 0 Å². The minimum atomic E-state index is 0.373. The van der Waals surface area contributed by atoms with Crippen molar-refractivity contribution in [1.29, 1.82) is 0 Å². The highest BCUT2D eigenvalue weighted by Crippen LogP contribution is 2.61. The lowest BCUT2D eigenvalue weighted by Gasteiger charge is -2.57. The van der Waals surface area contributed by atoms with Gasteiger partial charge in [-0.25, -0.2) is 0 Å². The van der Waals surface area contributed by atoms with Gasteiger partial charge in [-0.3, -0.25) is 0 Å². The SMILES string of the molecule is CC1(C)CC2CC(C)(CSc3ccccc3)CC(c3ccccc3)(C2)C1. The Morgan fingerprint density at radius 3 is 2.15 bits per heavy atom. The summed E-state index contributed by atoms with van der Waals surface area (Å²) in [5.74, 6) is 2.11. The molecule has 0 N–H and O–H groups in total. The summed E-state index contributed by atoms with van der Waals surface area (Å²) in [5, 5.41) is 0. The molecule has 0 amide bonds. The minimum absolute atomic E-state index is 0.373. The fourth-order valence-electron chi connectivity index (χ4n) is 6.33. The molecule has 0 aromatic heterocycles. The van der Waals surface area contributed by atoms with Crippen LogP contribution in [0.1, 0.15) is 58.4 Å². The van der Waals surface area contributed by atoms with Crippen LogP contribution in [0.3, 0.4) is 0 Å². The van der Waals surface area contributed by atoms with Gasteiger partial charge in [0.2, 0.25) is 0 Å². The van der Waals surface area contributed by atoms with E-state index in [1.54, 1.807) is 5.56 Å². The quantitative estimate of drug-likeness (QED) is 0.511. The minimum Gasteiger partial charge on any atom is -0.126 e. The molecule has 0 nitrogen and oxygen atoms in total. The second kappa shape index (κ2) is 6.75. The molecule has 0 aliphatic heterocycles. The molecule has 2 aromatic carbocycles. The molecule has 0 spiro atoms. The van der Waals surface area contributed by atoms with Gasteiger partial charge in [0.1, 0.15) is 0 Å². The highest BCUT2D eigenvalue weighted by atomic mass is 32.2. The Kier molecular flexibility index (Phi) is 4.72. The molecule has 0 radical (unpaired) electrons. The Morgan fingerprint density at radius 1 is 0.808 bits per heavy atom. The zero-order chi connectivity index (χ0) is 18.3. The zero-order valence-electron chi connectivity index (χ0n) is 16.5. The van der Waals surface area contributed by atoms with Gasteiger partial charge in [-0.2, -0.15) is 0 Å². The van der Waals surface area contributed by atoms with Crippen LogP contribution in [0.25, 0.3) is 0 Å². The molecule has 2 saturated carbocycles. The van der Waals surface area contributed by atoms with Crippen molar-refractivity contribution in [3.05, 3.63) is 66.2 Å². The average molecular weight is 365 g/mol. The monoisotopic (exact) mass is 364 g/mol. The Hall–Kier alpha value is -1.21. The van der Waals surface area contributed by atoms with Crippen molar-refractivity contribution >= 4 is 11.8 Å². The second-order valence-electron chi connectivity index (χ2n) is 10.1. The van der Waals surface area contributed by atoms with E-state index in [2.05, 4.69) is 93.2 Å². The van der Waals surface area contributed by atoms with Crippen LogP contribution in [0.2, 0.25) is 0 Å². The van der Waals surface area contributed by atoms with E-state index in [1.165, 1.54) is 42.8 Å². The molecule has 0 saturated heterocycles. The third kappa shape index (κ3) is 3.74. The standard InChI is InChI=1S/C25H32S/c1-23(2)14-20-15-24(3,19-26-22-12-8-5-9-13-22)18-25(16-20,17-23)21-10-6-4-7-11-21/h4-13,20H,14-19H2,1-3H3. The van der Waals surface area contributed by atoms with Crippen molar-refractivity contribution in [1.82, 2.24) is 0 Å². The Morgan fingerprint density at radius 2 is 1.46 bits per heavy atom. The van der Waals surface area contributed by atoms with Crippen LogP contribution in [0.5, 0.6) is 0 Å². The Labute approximate surface area is 163 Å². The summed E-state index contributed by atoms with van der Waals surface area (Å²) in [5.41, 5.74) is 2.86. The maximum Gasteiger partial charge on any atom is 0.00721 e. The summed E-state index contributed by atoms with van der Waals surface area (Å²) >= 11 is 2.06. The van der Waals surface area contributed by atoms with Crippen molar-refractivity contribution in [2.24, 2.45) is 16.7 Å². The maximum atomic E-state index is 2.56. The van der Waals surface area contributed by atoms with Crippen molar-refractivity contribution in [2.75, 3.05) is 5.75 Å². The van der Waals surface area contributed by atoms with Gasteiger partial charge < -0.3 is 0 Å². The third-order valence-corrected chi connectivity index (χ3v) is 8.05. The van der Waals surface area contributed by atoms with Crippen LogP contribution in [0, 0.1) is 16.7 Å². The number of benzene rings is 2. The molecule has 4 rings (SSSR count). The van der Waals surface area contributed by atoms with Gasteiger partial charge >= 0.3 is 0 Å². The summed E-state index contributed by atoms with van der Waals surface area (Å²) in [4.78, 5) is 1.42. The van der Waals surface area contributed by atoms with E-state index in [9.17, 15) is 0 Å². The molecule has 0 heterocycles. The number of rotatable bonds is 4. The summed E-state index contributed by atoms with van der Waals surface area (Å²) in [6.07, 6.45) is 6.86. The number of hydrogen-bond donors (Lipinski definition) is 0. The van der Waals surface area contributed by atoms with Gasteiger partial charge in [0.25, 0.3) is 0 Å². The van der Waals surface area contributed by atoms with Crippen molar-refractivity contribution in [3.8, 4) is 0 Å². The molecule has 26 heavy (non-hydrogen) atoms. The van der Waals surface area contributed by atoms with Crippen molar-refractivity contribution < 1.29 is 0 Å². The second-order valence-corrected chi connectivity index (χ2v) is 11.1. The first kappa shape index (κ1) is 18.2. The maximum absolute atomic E-state index is 2.56. The van der Waals surface area contributed by atoms with E-state index in [4.69, 9.17) is 0 Å². The molecule has 3 unspecified atom stereocenters. The molecular formula is C25H32S. The topological polar surface area (TPSA) is 0 Å². The number of hydrogen-bond acceptors (Lipinski definition) is 1. The van der Waals surface area contributed by atoms with Crippen LogP contribution in [0.4, 0.5) is 0 Å². The Bertz CT molecular complexity index is 735. The predicted molar refractivity (Wildman–Crippen MR) is 114 cm³/mol. The van der Waals surface area contributed by atoms with Crippen LogP contribution >= 0.6 is 11.8 Å². The highest BCUT2D eigenvalue weighted by Gasteiger charge is 2.52. The predicted octanol–water partition coefficient (Wildman–Crippen LogP) is 7.34. The molecule has 2 bridgehead atoms. The molecule has 138 valence electrons. The lowest BCUT2D eigenvalue weighted by molar-refractivity contribution is -0.00298. The van der Waals surface area contributed by atoms with Gasteiger partial charge in [-0.15, -0.1) is 11.8 Å². The number of thioether (sulfide) groups is 1. The molecule has 2 fully saturated rings. The van der Waals surface area contributed by atoms with Gasteiger partial charge in [-0.05, 0) is 72.0 Å². The molecule has 3 atom stereocenters. The van der Waals surface area contributed by atoms with Gasteiger partial charge in [0, 0.05) is 10.6 Å². The van der Waals surface area contributed by atoms with E-state index in [-0.39, 0.29) is 0 Å². The van der Waals surface area contributed by atoms with E-state index in [0.717, 1.165) is 5.92 Å². The highest BCUT2D eigenvalue weighted by molar-refractivity contribution is 7.99. The fourth-order valence-corrected chi connectivity index (χ4v) is 7.41. The first-order chi connectivity index (χ1) is 12.4. The number of fused-ring (bicyclic) bond motifs is 2. The van der Waals surface area contributed by atoms with Gasteiger partial charge in [-0.1, -0.05) is 69.3 Å². The lowest BCUT2D eigenvalue weighted by atomic mass is 9.48. The molecule has 2 aromatic rings. The molecule has 1 heteroatoms. The van der Waals surface area contributed by atoms with E-state index < -0.39 is 0 Å². The van der Waals surface area contributed by atoms with Crippen molar-refractivity contribution in [3.63, 3.8) is 0 Å². The molecule has 2 aliphatic carbocycles. The summed E-state index contributed by atoms with van der Waals surface area (Å²) in [6.45, 7) is 7.56. The molecule has 2 aliphatic rings. The largest absolute Gasteiger partial charge is 0.126 e. The van der Waals surface area contributed by atoms with Crippen LogP contribution in [-0.2, 0) is 5.41 Å². The average Bonchev–Trinajstić information content (AvgIpc) is 2.60. The normalized spacial score (nSPS) is 33.0. The third-order valence-electron chi connectivity index (χ3n) is 6.60. The first-order valence-electron chi connectivity index (χ1n) is 10.1. The summed E-state index contributed by atoms with van der Waals surface area (Å²) in [7, 11) is 0. The first-order valence-corrected chi connectivity index (χ1v) is 11.1. The van der Waals surface area contributed by atoms with E-state index in [0.29, 0.717) is 16.2 Å². The smallest absolute Gasteiger partial charge is 0.00721 e. The Balaban J connectivity index is 1.61. The summed E-state index contributed by atoms with van der Waals surface area (Å²) < 4.78 is 0. The molecular weight excluding hydrogens is 332 g/mol. The lowest BCUT2D eigenvalue weighted by Crippen LogP contribution is -2.50. The van der Waals surface area contributed by atoms with Crippen LogP contribution < -0.4 is 0 Å². The van der Waals surface area contributed by atoms with Crippen LogP contribution in [0.15, 0.2) is 65.6 Å². The van der Waals surface area contributed by atoms with Gasteiger partial charge in [0.05, 0.1) is 0 Å². The van der Waals surface area contributed by atoms with Gasteiger partial charge in [0.15, 0.2) is 0 Å².